The van der Waals surface area contributed by atoms with E-state index in [0.29, 0.717) is 12.5 Å². The van der Waals surface area contributed by atoms with Crippen LogP contribution in [0.2, 0.25) is 0 Å². The first-order valence-electron chi connectivity index (χ1n) is 4.16. The molecule has 2 N–H and O–H groups in total. The Morgan fingerprint density at radius 1 is 1.33 bits per heavy atom. The first-order chi connectivity index (χ1) is 7.33. The average Bonchev–Trinajstić information content (AvgIpc) is 2.78. The van der Waals surface area contributed by atoms with Crippen LogP contribution in [0.3, 0.4) is 0 Å². The molecule has 0 radical (unpaired) electrons. The number of hydrogen-bond acceptors (Lipinski definition) is 6. The molecule has 15 heavy (non-hydrogen) atoms. The molecule has 0 saturated carbocycles. The van der Waals surface area contributed by atoms with Gasteiger partial charge in [0.05, 0.1) is 0 Å². The van der Waals surface area contributed by atoms with Crippen LogP contribution in [0, 0.1) is 11.3 Å². The van der Waals surface area contributed by atoms with E-state index in [1.807, 2.05) is 6.07 Å². The molecule has 0 spiro atoms. The van der Waals surface area contributed by atoms with Crippen molar-refractivity contribution in [2.45, 2.75) is 6.54 Å². The minimum atomic E-state index is 0.0847. The van der Waals surface area contributed by atoms with Crippen molar-refractivity contribution in [2.75, 3.05) is 0 Å². The molecule has 0 bridgehead atoms. The molecule has 0 aliphatic heterocycles. The van der Waals surface area contributed by atoms with Gasteiger partial charge in [-0.3, -0.25) is 0 Å². The minimum Gasteiger partial charge on any atom is -0.326 e. The summed E-state index contributed by atoms with van der Waals surface area (Å²) in [6, 6.07) is 1.82. The molecule has 0 atom stereocenters. The summed E-state index contributed by atoms with van der Waals surface area (Å²) in [6.45, 7) is 0.390. The van der Waals surface area contributed by atoms with E-state index in [-0.39, 0.29) is 5.82 Å². The molecule has 0 saturated heterocycles. The monoisotopic (exact) mass is 201 g/mol. The summed E-state index contributed by atoms with van der Waals surface area (Å²) in [5.41, 5.74) is 6.24. The summed E-state index contributed by atoms with van der Waals surface area (Å²) in [6.07, 6.45) is 4.60. The highest BCUT2D eigenvalue weighted by atomic mass is 15.4. The second kappa shape index (κ2) is 3.81. The van der Waals surface area contributed by atoms with Crippen molar-refractivity contribution in [3.8, 4) is 12.0 Å². The fraction of sp³-hybridized carbons (Fsp3) is 0.125. The molecular weight excluding hydrogens is 194 g/mol. The highest BCUT2D eigenvalue weighted by Crippen LogP contribution is 1.99. The molecule has 0 amide bonds. The summed E-state index contributed by atoms with van der Waals surface area (Å²) >= 11 is 0. The molecule has 0 fully saturated rings. The molecule has 0 aliphatic carbocycles. The van der Waals surface area contributed by atoms with Gasteiger partial charge in [-0.15, -0.1) is 5.10 Å². The largest absolute Gasteiger partial charge is 0.326 e. The van der Waals surface area contributed by atoms with Gasteiger partial charge in [0.25, 0.3) is 11.8 Å². The first-order valence-corrected chi connectivity index (χ1v) is 4.16. The molecule has 0 unspecified atom stereocenters. The third kappa shape index (κ3) is 1.79. The lowest BCUT2D eigenvalue weighted by Gasteiger charge is -1.98. The van der Waals surface area contributed by atoms with Crippen LogP contribution in [0.15, 0.2) is 18.7 Å². The molecule has 0 aliphatic rings. The lowest BCUT2D eigenvalue weighted by atomic mass is 10.3. The summed E-state index contributed by atoms with van der Waals surface area (Å²) < 4.78 is 1.33. The van der Waals surface area contributed by atoms with Crippen molar-refractivity contribution in [1.29, 1.82) is 5.26 Å². The molecule has 74 valence electrons. The summed E-state index contributed by atoms with van der Waals surface area (Å²) in [5.74, 6) is 0.447. The SMILES string of the molecule is N#Cc1ncn(-c2ncc(CN)cn2)n1. The van der Waals surface area contributed by atoms with Gasteiger partial charge in [-0.25, -0.2) is 15.0 Å². The maximum atomic E-state index is 8.53. The van der Waals surface area contributed by atoms with Crippen LogP contribution in [0.1, 0.15) is 11.4 Å². The third-order valence-corrected chi connectivity index (χ3v) is 1.72. The first kappa shape index (κ1) is 9.23. The van der Waals surface area contributed by atoms with Gasteiger partial charge in [-0.1, -0.05) is 0 Å². The number of nitrogens with zero attached hydrogens (tertiary/aromatic N) is 6. The molecule has 2 aromatic heterocycles. The zero-order valence-corrected chi connectivity index (χ0v) is 7.70. The quantitative estimate of drug-likeness (QED) is 0.694. The van der Waals surface area contributed by atoms with Crippen molar-refractivity contribution in [2.24, 2.45) is 5.73 Å². The van der Waals surface area contributed by atoms with Gasteiger partial charge >= 0.3 is 0 Å². The van der Waals surface area contributed by atoms with Gasteiger partial charge in [0.2, 0.25) is 0 Å². The Bertz CT molecular complexity index is 492. The van der Waals surface area contributed by atoms with Crippen molar-refractivity contribution < 1.29 is 0 Å². The smallest absolute Gasteiger partial charge is 0.252 e. The number of nitrogens with two attached hydrogens (primary N) is 1. The van der Waals surface area contributed by atoms with Crippen LogP contribution in [-0.2, 0) is 6.54 Å². The highest BCUT2D eigenvalue weighted by Gasteiger charge is 2.03. The Kier molecular flexibility index (Phi) is 2.35. The fourth-order valence-electron chi connectivity index (χ4n) is 0.982. The van der Waals surface area contributed by atoms with Gasteiger partial charge in [-0.2, -0.15) is 9.94 Å². The van der Waals surface area contributed by atoms with Crippen molar-refractivity contribution in [1.82, 2.24) is 24.7 Å². The van der Waals surface area contributed by atoms with Crippen LogP contribution in [0.5, 0.6) is 0 Å². The zero-order chi connectivity index (χ0) is 10.7. The van der Waals surface area contributed by atoms with Crippen molar-refractivity contribution in [3.63, 3.8) is 0 Å². The normalized spacial score (nSPS) is 9.87. The molecule has 0 aromatic carbocycles. The lowest BCUT2D eigenvalue weighted by molar-refractivity contribution is 0.796. The van der Waals surface area contributed by atoms with Crippen LogP contribution < -0.4 is 5.73 Å². The molecule has 2 aromatic rings. The van der Waals surface area contributed by atoms with Crippen molar-refractivity contribution >= 4 is 0 Å². The van der Waals surface area contributed by atoms with Gasteiger partial charge < -0.3 is 5.73 Å². The standard InChI is InChI=1S/C8H7N7/c9-1-6-3-11-8(12-4-6)15-5-13-7(2-10)14-15/h3-5H,1,9H2. The van der Waals surface area contributed by atoms with E-state index in [2.05, 4.69) is 20.1 Å². The predicted molar refractivity (Wildman–Crippen MR) is 49.6 cm³/mol. The molecule has 7 heteroatoms. The van der Waals surface area contributed by atoms with E-state index in [4.69, 9.17) is 11.0 Å². The maximum absolute atomic E-state index is 8.53. The van der Waals surface area contributed by atoms with E-state index < -0.39 is 0 Å². The predicted octanol–water partition coefficient (Wildman–Crippen LogP) is -0.612. The highest BCUT2D eigenvalue weighted by molar-refractivity contribution is 5.15. The minimum absolute atomic E-state index is 0.0847. The fourth-order valence-corrected chi connectivity index (χ4v) is 0.982. The van der Waals surface area contributed by atoms with Crippen LogP contribution in [0.4, 0.5) is 0 Å². The van der Waals surface area contributed by atoms with E-state index in [1.165, 1.54) is 11.0 Å². The summed E-state index contributed by atoms with van der Waals surface area (Å²) in [4.78, 5) is 11.8. The number of aromatic nitrogens is 5. The summed E-state index contributed by atoms with van der Waals surface area (Å²) in [7, 11) is 0. The van der Waals surface area contributed by atoms with Crippen LogP contribution in [0.25, 0.3) is 5.95 Å². The summed E-state index contributed by atoms with van der Waals surface area (Å²) in [5, 5.41) is 12.4. The van der Waals surface area contributed by atoms with Crippen LogP contribution in [-0.4, -0.2) is 24.7 Å². The maximum Gasteiger partial charge on any atom is 0.252 e. The number of rotatable bonds is 2. The number of hydrogen-bond donors (Lipinski definition) is 1. The molecule has 2 rings (SSSR count). The Balaban J connectivity index is 2.33. The zero-order valence-electron chi connectivity index (χ0n) is 7.70. The Morgan fingerprint density at radius 2 is 2.07 bits per heavy atom. The Morgan fingerprint density at radius 3 is 2.60 bits per heavy atom. The average molecular weight is 201 g/mol. The molecule has 2 heterocycles. The van der Waals surface area contributed by atoms with Gasteiger partial charge in [0.1, 0.15) is 12.4 Å². The van der Waals surface area contributed by atoms with Gasteiger partial charge in [-0.05, 0) is 0 Å². The number of nitriles is 1. The second-order valence-electron chi connectivity index (χ2n) is 2.72. The van der Waals surface area contributed by atoms with E-state index in [0.717, 1.165) is 5.56 Å². The molecule has 7 nitrogen and oxygen atoms in total. The van der Waals surface area contributed by atoms with Crippen LogP contribution >= 0.6 is 0 Å². The Hall–Kier alpha value is -2.33. The van der Waals surface area contributed by atoms with Gasteiger partial charge in [0.15, 0.2) is 0 Å². The second-order valence-corrected chi connectivity index (χ2v) is 2.72. The van der Waals surface area contributed by atoms with E-state index in [9.17, 15) is 0 Å². The van der Waals surface area contributed by atoms with E-state index in [1.54, 1.807) is 12.4 Å². The Labute approximate surface area is 85.2 Å². The topological polar surface area (TPSA) is 106 Å². The molecular formula is C8H7N7. The van der Waals surface area contributed by atoms with E-state index >= 15 is 0 Å². The third-order valence-electron chi connectivity index (χ3n) is 1.72. The van der Waals surface area contributed by atoms with Crippen molar-refractivity contribution in [3.05, 3.63) is 30.1 Å². The lowest BCUT2D eigenvalue weighted by Crippen LogP contribution is -2.04. The van der Waals surface area contributed by atoms with Gasteiger partial charge in [0, 0.05) is 24.5 Å².